The Balaban J connectivity index is 2.20. The summed E-state index contributed by atoms with van der Waals surface area (Å²) in [5.74, 6) is -0.324. The van der Waals surface area contributed by atoms with Crippen LogP contribution in [0.1, 0.15) is 17.3 Å². The number of carbonyl (C=O) groups is 1. The maximum absolute atomic E-state index is 13.6. The molecule has 21 heavy (non-hydrogen) atoms. The molecule has 0 aromatic heterocycles. The van der Waals surface area contributed by atoms with E-state index in [-0.39, 0.29) is 11.3 Å². The number of amides is 1. The highest BCUT2D eigenvalue weighted by molar-refractivity contribution is 6.05. The van der Waals surface area contributed by atoms with Gasteiger partial charge in [-0.05, 0) is 37.3 Å². The number of nitrogens with one attached hydrogen (secondary N) is 1. The van der Waals surface area contributed by atoms with Crippen molar-refractivity contribution in [2.24, 2.45) is 0 Å². The molecule has 0 bridgehead atoms. The van der Waals surface area contributed by atoms with E-state index < -0.39 is 11.7 Å². The molecule has 110 valence electrons. The van der Waals surface area contributed by atoms with Crippen molar-refractivity contribution >= 4 is 11.6 Å². The summed E-state index contributed by atoms with van der Waals surface area (Å²) >= 11 is 0. The lowest BCUT2D eigenvalue weighted by molar-refractivity contribution is 0.102. The second kappa shape index (κ2) is 6.74. The molecule has 2 aromatic rings. The molecule has 0 saturated carbocycles. The van der Waals surface area contributed by atoms with Gasteiger partial charge in [0.2, 0.25) is 0 Å². The van der Waals surface area contributed by atoms with Gasteiger partial charge in [0.05, 0.1) is 19.4 Å². The van der Waals surface area contributed by atoms with Crippen molar-refractivity contribution in [3.05, 3.63) is 53.8 Å². The molecule has 0 aliphatic heterocycles. The molecular formula is C16H16FNO3. The molecule has 4 nitrogen and oxygen atoms in total. The van der Waals surface area contributed by atoms with Gasteiger partial charge in [-0.1, -0.05) is 12.1 Å². The first kappa shape index (κ1) is 14.8. The molecule has 0 spiro atoms. The maximum Gasteiger partial charge on any atom is 0.255 e. The van der Waals surface area contributed by atoms with Crippen molar-refractivity contribution in [2.75, 3.05) is 19.0 Å². The van der Waals surface area contributed by atoms with E-state index in [1.165, 1.54) is 19.2 Å². The van der Waals surface area contributed by atoms with E-state index in [0.717, 1.165) is 6.07 Å². The van der Waals surface area contributed by atoms with Crippen molar-refractivity contribution in [1.29, 1.82) is 0 Å². The molecule has 0 heterocycles. The van der Waals surface area contributed by atoms with Gasteiger partial charge < -0.3 is 14.8 Å². The number of halogens is 1. The topological polar surface area (TPSA) is 47.6 Å². The van der Waals surface area contributed by atoms with E-state index in [0.29, 0.717) is 18.0 Å². The standard InChI is InChI=1S/C16H16FNO3/c1-3-21-15-7-5-4-6-13(15)18-16(19)11-8-9-14(20-2)12(17)10-11/h4-10H,3H2,1-2H3,(H,18,19). The Kier molecular flexibility index (Phi) is 4.77. The van der Waals surface area contributed by atoms with Crippen molar-refractivity contribution < 1.29 is 18.7 Å². The average Bonchev–Trinajstić information content (AvgIpc) is 2.49. The highest BCUT2D eigenvalue weighted by Gasteiger charge is 2.12. The van der Waals surface area contributed by atoms with Crippen LogP contribution in [0.4, 0.5) is 10.1 Å². The summed E-state index contributed by atoms with van der Waals surface area (Å²) in [5, 5.41) is 2.70. The third-order valence-electron chi connectivity index (χ3n) is 2.85. The smallest absolute Gasteiger partial charge is 0.255 e. The molecule has 2 aromatic carbocycles. The molecule has 2 rings (SSSR count). The number of anilines is 1. The predicted octanol–water partition coefficient (Wildman–Crippen LogP) is 3.49. The summed E-state index contributed by atoms with van der Waals surface area (Å²) in [7, 11) is 1.37. The first-order valence-electron chi connectivity index (χ1n) is 6.52. The van der Waals surface area contributed by atoms with Gasteiger partial charge >= 0.3 is 0 Å². The Morgan fingerprint density at radius 3 is 2.62 bits per heavy atom. The van der Waals surface area contributed by atoms with Gasteiger partial charge in [0.25, 0.3) is 5.91 Å². The van der Waals surface area contributed by atoms with Gasteiger partial charge in [-0.25, -0.2) is 4.39 Å². The summed E-state index contributed by atoms with van der Waals surface area (Å²) in [6.45, 7) is 2.35. The molecule has 0 atom stereocenters. The van der Waals surface area contributed by atoms with E-state index in [2.05, 4.69) is 5.32 Å². The Hall–Kier alpha value is -2.56. The number of hydrogen-bond donors (Lipinski definition) is 1. The van der Waals surface area contributed by atoms with E-state index in [9.17, 15) is 9.18 Å². The lowest BCUT2D eigenvalue weighted by Gasteiger charge is -2.11. The normalized spacial score (nSPS) is 10.0. The van der Waals surface area contributed by atoms with Crippen LogP contribution in [0.3, 0.4) is 0 Å². The predicted molar refractivity (Wildman–Crippen MR) is 78.5 cm³/mol. The zero-order valence-corrected chi connectivity index (χ0v) is 11.9. The number of benzene rings is 2. The molecule has 0 aliphatic rings. The Labute approximate surface area is 122 Å². The van der Waals surface area contributed by atoms with Crippen LogP contribution >= 0.6 is 0 Å². The molecular weight excluding hydrogens is 273 g/mol. The summed E-state index contributed by atoms with van der Waals surface area (Å²) in [6, 6.07) is 11.1. The quantitative estimate of drug-likeness (QED) is 0.916. The van der Waals surface area contributed by atoms with Crippen LogP contribution in [0.25, 0.3) is 0 Å². The van der Waals surface area contributed by atoms with Crippen LogP contribution in [-0.4, -0.2) is 19.6 Å². The number of rotatable bonds is 5. The largest absolute Gasteiger partial charge is 0.494 e. The summed E-state index contributed by atoms with van der Waals surface area (Å²) in [4.78, 5) is 12.1. The zero-order chi connectivity index (χ0) is 15.2. The minimum atomic E-state index is -0.580. The van der Waals surface area contributed by atoms with E-state index in [4.69, 9.17) is 9.47 Å². The van der Waals surface area contributed by atoms with Crippen LogP contribution in [-0.2, 0) is 0 Å². The van der Waals surface area contributed by atoms with Crippen molar-refractivity contribution in [2.45, 2.75) is 6.92 Å². The minimum absolute atomic E-state index is 0.0984. The fourth-order valence-electron chi connectivity index (χ4n) is 1.85. The maximum atomic E-state index is 13.6. The first-order chi connectivity index (χ1) is 10.2. The molecule has 0 unspecified atom stereocenters. The monoisotopic (exact) mass is 289 g/mol. The van der Waals surface area contributed by atoms with Crippen molar-refractivity contribution in [3.8, 4) is 11.5 Å². The Bertz CT molecular complexity index is 643. The van der Waals surface area contributed by atoms with E-state index in [1.807, 2.05) is 13.0 Å². The van der Waals surface area contributed by atoms with Crippen LogP contribution in [0.2, 0.25) is 0 Å². The Morgan fingerprint density at radius 2 is 1.95 bits per heavy atom. The summed E-state index contributed by atoms with van der Waals surface area (Å²) in [6.07, 6.45) is 0. The summed E-state index contributed by atoms with van der Waals surface area (Å²) < 4.78 is 23.9. The van der Waals surface area contributed by atoms with Gasteiger partial charge in [0.15, 0.2) is 11.6 Å². The average molecular weight is 289 g/mol. The fraction of sp³-hybridized carbons (Fsp3) is 0.188. The van der Waals surface area contributed by atoms with Crippen molar-refractivity contribution in [3.63, 3.8) is 0 Å². The molecule has 1 amide bonds. The van der Waals surface area contributed by atoms with Crippen LogP contribution in [0.15, 0.2) is 42.5 Å². The fourth-order valence-corrected chi connectivity index (χ4v) is 1.85. The molecule has 1 N–H and O–H groups in total. The molecule has 0 saturated heterocycles. The number of hydrogen-bond acceptors (Lipinski definition) is 3. The highest BCUT2D eigenvalue weighted by atomic mass is 19.1. The second-order valence-corrected chi connectivity index (χ2v) is 4.23. The lowest BCUT2D eigenvalue weighted by Crippen LogP contribution is -2.13. The molecule has 5 heteroatoms. The number of methoxy groups -OCH3 is 1. The van der Waals surface area contributed by atoms with Crippen LogP contribution < -0.4 is 14.8 Å². The minimum Gasteiger partial charge on any atom is -0.494 e. The zero-order valence-electron chi connectivity index (χ0n) is 11.9. The first-order valence-corrected chi connectivity index (χ1v) is 6.52. The SMILES string of the molecule is CCOc1ccccc1NC(=O)c1ccc(OC)c(F)c1. The Morgan fingerprint density at radius 1 is 1.19 bits per heavy atom. The van der Waals surface area contributed by atoms with Gasteiger partial charge in [-0.2, -0.15) is 0 Å². The van der Waals surface area contributed by atoms with Gasteiger partial charge in [0.1, 0.15) is 5.75 Å². The van der Waals surface area contributed by atoms with Crippen LogP contribution in [0.5, 0.6) is 11.5 Å². The highest BCUT2D eigenvalue weighted by Crippen LogP contribution is 2.25. The van der Waals surface area contributed by atoms with E-state index in [1.54, 1.807) is 18.2 Å². The van der Waals surface area contributed by atoms with Crippen molar-refractivity contribution in [1.82, 2.24) is 0 Å². The van der Waals surface area contributed by atoms with Gasteiger partial charge in [0, 0.05) is 5.56 Å². The lowest BCUT2D eigenvalue weighted by atomic mass is 10.2. The van der Waals surface area contributed by atoms with Crippen LogP contribution in [0, 0.1) is 5.82 Å². The number of carbonyl (C=O) groups excluding carboxylic acids is 1. The molecule has 0 radical (unpaired) electrons. The number of para-hydroxylation sites is 2. The van der Waals surface area contributed by atoms with Gasteiger partial charge in [-0.15, -0.1) is 0 Å². The summed E-state index contributed by atoms with van der Waals surface area (Å²) in [5.41, 5.74) is 0.750. The number of ether oxygens (including phenoxy) is 2. The third kappa shape index (κ3) is 3.51. The van der Waals surface area contributed by atoms with Gasteiger partial charge in [-0.3, -0.25) is 4.79 Å². The van der Waals surface area contributed by atoms with E-state index >= 15 is 0 Å². The molecule has 0 aliphatic carbocycles. The molecule has 0 fully saturated rings. The second-order valence-electron chi connectivity index (χ2n) is 4.23. The third-order valence-corrected chi connectivity index (χ3v) is 2.85.